The van der Waals surface area contributed by atoms with E-state index in [0.29, 0.717) is 6.04 Å². The van der Waals surface area contributed by atoms with Crippen molar-refractivity contribution in [3.05, 3.63) is 23.3 Å². The molecular weight excluding hydrogens is 320 g/mol. The lowest BCUT2D eigenvalue weighted by Gasteiger charge is -2.60. The molecule has 3 atom stereocenters. The first-order chi connectivity index (χ1) is 12.5. The van der Waals surface area contributed by atoms with Crippen LogP contribution >= 0.6 is 0 Å². The molecule has 3 nitrogen and oxygen atoms in total. The maximum absolute atomic E-state index is 6.13. The molecule has 4 aliphatic carbocycles. The molecule has 4 saturated carbocycles. The van der Waals surface area contributed by atoms with E-state index in [4.69, 9.17) is 4.74 Å². The second-order valence-corrected chi connectivity index (χ2v) is 9.38. The van der Waals surface area contributed by atoms with Gasteiger partial charge in [-0.3, -0.25) is 0 Å². The normalized spacial score (nSPS) is 35.8. The second-order valence-electron chi connectivity index (χ2n) is 9.38. The predicted molar refractivity (Wildman–Crippen MR) is 110 cm³/mol. The van der Waals surface area contributed by atoms with E-state index in [2.05, 4.69) is 43.6 Å². The fourth-order valence-electron chi connectivity index (χ4n) is 5.97. The van der Waals surface area contributed by atoms with Crippen molar-refractivity contribution in [2.45, 2.75) is 77.4 Å². The van der Waals surface area contributed by atoms with E-state index in [9.17, 15) is 0 Å². The summed E-state index contributed by atoms with van der Waals surface area (Å²) in [7, 11) is 1.95. The van der Waals surface area contributed by atoms with Gasteiger partial charge in [0.1, 0.15) is 0 Å². The van der Waals surface area contributed by atoms with Gasteiger partial charge in [0.25, 0.3) is 0 Å². The first kappa shape index (κ1) is 20.1. The summed E-state index contributed by atoms with van der Waals surface area (Å²) in [6.07, 6.45) is 13.9. The molecule has 0 aromatic rings. The third kappa shape index (κ3) is 4.79. The monoisotopic (exact) mass is 360 g/mol. The van der Waals surface area contributed by atoms with Crippen molar-refractivity contribution >= 4 is 0 Å². The molecule has 4 aliphatic rings. The molecule has 148 valence electrons. The topological polar surface area (TPSA) is 33.3 Å². The number of rotatable bonds is 10. The highest BCUT2D eigenvalue weighted by atomic mass is 16.5. The zero-order valence-electron chi connectivity index (χ0n) is 17.4. The largest absolute Gasteiger partial charge is 0.377 e. The van der Waals surface area contributed by atoms with Crippen LogP contribution in [0.5, 0.6) is 0 Å². The number of hydrogen-bond donors (Lipinski definition) is 2. The van der Waals surface area contributed by atoms with Crippen molar-refractivity contribution in [2.24, 2.45) is 17.8 Å². The van der Waals surface area contributed by atoms with Crippen molar-refractivity contribution in [1.82, 2.24) is 10.6 Å². The third-order valence-corrected chi connectivity index (χ3v) is 7.00. The third-order valence-electron chi connectivity index (χ3n) is 7.00. The van der Waals surface area contributed by atoms with E-state index in [1.165, 1.54) is 49.7 Å². The highest BCUT2D eigenvalue weighted by molar-refractivity contribution is 5.11. The van der Waals surface area contributed by atoms with E-state index in [-0.39, 0.29) is 5.60 Å². The molecule has 0 spiro atoms. The van der Waals surface area contributed by atoms with Gasteiger partial charge in [0, 0.05) is 32.8 Å². The molecule has 0 aromatic heterocycles. The van der Waals surface area contributed by atoms with E-state index in [1.807, 2.05) is 7.11 Å². The maximum Gasteiger partial charge on any atom is 0.0838 e. The highest BCUT2D eigenvalue weighted by Gasteiger charge is 2.57. The van der Waals surface area contributed by atoms with Gasteiger partial charge in [-0.1, -0.05) is 23.3 Å². The lowest BCUT2D eigenvalue weighted by Crippen LogP contribution is -2.66. The summed E-state index contributed by atoms with van der Waals surface area (Å²) in [6, 6.07) is 0.573. The van der Waals surface area contributed by atoms with Crippen molar-refractivity contribution in [3.63, 3.8) is 0 Å². The lowest BCUT2D eigenvalue weighted by atomic mass is 9.52. The minimum atomic E-state index is 0.135. The Morgan fingerprint density at radius 3 is 2.42 bits per heavy atom. The first-order valence-electron chi connectivity index (χ1n) is 10.8. The van der Waals surface area contributed by atoms with Crippen LogP contribution in [-0.2, 0) is 4.74 Å². The molecule has 0 amide bonds. The zero-order chi connectivity index (χ0) is 18.6. The standard InChI is InChI=1S/C23H40N2O/c1-17(2)6-5-7-18(3)8-9-24-10-11-25-22-21-13-19-12-20(14-21)16-23(22,15-19)26-4/h6,8,19-22,24-25H,5,7,9-16H2,1-4H3/b18-8+. The van der Waals surface area contributed by atoms with E-state index in [1.54, 1.807) is 0 Å². The molecule has 0 aliphatic heterocycles. The molecule has 0 radical (unpaired) electrons. The van der Waals surface area contributed by atoms with Crippen LogP contribution in [0.2, 0.25) is 0 Å². The van der Waals surface area contributed by atoms with Crippen LogP contribution in [0.3, 0.4) is 0 Å². The Kier molecular flexibility index (Phi) is 6.98. The van der Waals surface area contributed by atoms with Crippen LogP contribution in [-0.4, -0.2) is 38.4 Å². The summed E-state index contributed by atoms with van der Waals surface area (Å²) in [4.78, 5) is 0. The summed E-state index contributed by atoms with van der Waals surface area (Å²) in [6.45, 7) is 9.65. The van der Waals surface area contributed by atoms with Crippen LogP contribution in [0.25, 0.3) is 0 Å². The van der Waals surface area contributed by atoms with Gasteiger partial charge in [-0.25, -0.2) is 0 Å². The Morgan fingerprint density at radius 1 is 1.04 bits per heavy atom. The van der Waals surface area contributed by atoms with Gasteiger partial charge in [-0.15, -0.1) is 0 Å². The number of ether oxygens (including phenoxy) is 1. The molecule has 4 rings (SSSR count). The van der Waals surface area contributed by atoms with Crippen molar-refractivity contribution in [3.8, 4) is 0 Å². The maximum atomic E-state index is 6.13. The number of methoxy groups -OCH3 is 1. The Bertz CT molecular complexity index is 506. The van der Waals surface area contributed by atoms with Gasteiger partial charge in [-0.2, -0.15) is 0 Å². The summed E-state index contributed by atoms with van der Waals surface area (Å²) in [5.74, 6) is 2.71. The van der Waals surface area contributed by atoms with Gasteiger partial charge in [-0.05, 0) is 83.5 Å². The summed E-state index contributed by atoms with van der Waals surface area (Å²) >= 11 is 0. The second kappa shape index (κ2) is 9.03. The molecule has 3 heteroatoms. The minimum absolute atomic E-state index is 0.135. The fraction of sp³-hybridized carbons (Fsp3) is 0.826. The zero-order valence-corrected chi connectivity index (χ0v) is 17.4. The molecule has 2 N–H and O–H groups in total. The molecular formula is C23H40N2O. The Labute approximate surface area is 161 Å². The van der Waals surface area contributed by atoms with Crippen LogP contribution in [0, 0.1) is 17.8 Å². The molecule has 3 unspecified atom stereocenters. The number of hydrogen-bond acceptors (Lipinski definition) is 3. The van der Waals surface area contributed by atoms with Crippen molar-refractivity contribution in [1.29, 1.82) is 0 Å². The average molecular weight is 361 g/mol. The molecule has 0 saturated heterocycles. The van der Waals surface area contributed by atoms with E-state index >= 15 is 0 Å². The van der Waals surface area contributed by atoms with E-state index < -0.39 is 0 Å². The van der Waals surface area contributed by atoms with Crippen molar-refractivity contribution < 1.29 is 4.74 Å². The summed E-state index contributed by atoms with van der Waals surface area (Å²) in [5, 5.41) is 7.45. The minimum Gasteiger partial charge on any atom is -0.377 e. The smallest absolute Gasteiger partial charge is 0.0838 e. The lowest BCUT2D eigenvalue weighted by molar-refractivity contribution is -0.168. The summed E-state index contributed by atoms with van der Waals surface area (Å²) in [5.41, 5.74) is 3.04. The number of nitrogens with one attached hydrogen (secondary N) is 2. The highest BCUT2D eigenvalue weighted by Crippen LogP contribution is 2.56. The number of allylic oxidation sites excluding steroid dienone is 3. The van der Waals surface area contributed by atoms with Gasteiger partial charge in [0.05, 0.1) is 5.60 Å². The van der Waals surface area contributed by atoms with Crippen LogP contribution in [0.4, 0.5) is 0 Å². The Hall–Kier alpha value is -0.640. The molecule has 4 bridgehead atoms. The van der Waals surface area contributed by atoms with Crippen LogP contribution in [0.15, 0.2) is 23.3 Å². The first-order valence-corrected chi connectivity index (χ1v) is 10.8. The average Bonchev–Trinajstić information content (AvgIpc) is 2.59. The fourth-order valence-corrected chi connectivity index (χ4v) is 5.97. The van der Waals surface area contributed by atoms with Crippen LogP contribution < -0.4 is 10.6 Å². The van der Waals surface area contributed by atoms with Gasteiger partial charge >= 0.3 is 0 Å². The SMILES string of the molecule is COC12CC3CC(CC(C3)C1NCCNC/C=C(\C)CCC=C(C)C)C2. The summed E-state index contributed by atoms with van der Waals surface area (Å²) < 4.78 is 6.13. The van der Waals surface area contributed by atoms with Crippen molar-refractivity contribution in [2.75, 3.05) is 26.7 Å². The van der Waals surface area contributed by atoms with Gasteiger partial charge < -0.3 is 15.4 Å². The van der Waals surface area contributed by atoms with E-state index in [0.717, 1.165) is 43.8 Å². The van der Waals surface area contributed by atoms with Crippen LogP contribution in [0.1, 0.15) is 65.7 Å². The molecule has 26 heavy (non-hydrogen) atoms. The quantitative estimate of drug-likeness (QED) is 0.446. The molecule has 0 aromatic carbocycles. The Balaban J connectivity index is 1.35. The molecule has 0 heterocycles. The van der Waals surface area contributed by atoms with Gasteiger partial charge in [0.2, 0.25) is 0 Å². The van der Waals surface area contributed by atoms with Gasteiger partial charge in [0.15, 0.2) is 0 Å². The Morgan fingerprint density at radius 2 is 1.77 bits per heavy atom. The molecule has 4 fully saturated rings. The predicted octanol–water partition coefficient (Wildman–Crippen LogP) is 4.45.